The third kappa shape index (κ3) is 3.62. The number of rotatable bonds is 4. The number of fused-ring (bicyclic) bond motifs is 1. The summed E-state index contributed by atoms with van der Waals surface area (Å²) in [7, 11) is 0. The van der Waals surface area contributed by atoms with Crippen molar-refractivity contribution in [2.75, 3.05) is 0 Å². The minimum absolute atomic E-state index is 0.0780. The van der Waals surface area contributed by atoms with Gasteiger partial charge in [0, 0.05) is 18.5 Å². The number of halogens is 2. The number of nitrogens with zero attached hydrogens (tertiary/aromatic N) is 2. The van der Waals surface area contributed by atoms with E-state index in [2.05, 4.69) is 4.98 Å². The molecule has 2 aromatic heterocycles. The van der Waals surface area contributed by atoms with E-state index < -0.39 is 5.97 Å². The molecule has 0 amide bonds. The third-order valence-corrected chi connectivity index (χ3v) is 2.91. The summed E-state index contributed by atoms with van der Waals surface area (Å²) in [6.45, 7) is 1.94. The number of pyridine rings is 1. The number of imidazole rings is 1. The molecule has 0 saturated heterocycles. The van der Waals surface area contributed by atoms with Gasteiger partial charge in [0.25, 0.3) is 0 Å². The van der Waals surface area contributed by atoms with E-state index in [-0.39, 0.29) is 6.61 Å². The molecule has 0 unspecified atom stereocenters. The van der Waals surface area contributed by atoms with Crippen molar-refractivity contribution in [3.8, 4) is 0 Å². The highest BCUT2D eigenvalue weighted by atomic mass is 35.5. The molecule has 0 aromatic carbocycles. The average molecular weight is 311 g/mol. The van der Waals surface area contributed by atoms with E-state index in [4.69, 9.17) is 27.9 Å². The molecule has 20 heavy (non-hydrogen) atoms. The molecule has 0 saturated carbocycles. The molecule has 0 aliphatic heterocycles. The molecule has 2 heterocycles. The van der Waals surface area contributed by atoms with Crippen LogP contribution in [0.15, 0.2) is 42.8 Å². The number of carbonyl (C=O) groups is 1. The summed E-state index contributed by atoms with van der Waals surface area (Å²) in [6, 6.07) is 1.61. The van der Waals surface area contributed by atoms with E-state index in [0.29, 0.717) is 21.4 Å². The second-order valence-corrected chi connectivity index (χ2v) is 4.81. The van der Waals surface area contributed by atoms with E-state index in [1.807, 2.05) is 13.0 Å². The van der Waals surface area contributed by atoms with Crippen LogP contribution >= 0.6 is 23.2 Å². The highest BCUT2D eigenvalue weighted by Crippen LogP contribution is 2.21. The maximum absolute atomic E-state index is 11.4. The van der Waals surface area contributed by atoms with Gasteiger partial charge in [0.2, 0.25) is 0 Å². The number of ether oxygens (including phenoxy) is 1. The summed E-state index contributed by atoms with van der Waals surface area (Å²) in [5, 5.41) is 0.959. The number of aromatic nitrogens is 2. The molecule has 0 aliphatic rings. The molecular formula is C14H12Cl2N2O2. The Morgan fingerprint density at radius 1 is 1.40 bits per heavy atom. The number of hydrogen-bond acceptors (Lipinski definition) is 3. The lowest BCUT2D eigenvalue weighted by atomic mass is 10.4. The Morgan fingerprint density at radius 2 is 2.20 bits per heavy atom. The summed E-state index contributed by atoms with van der Waals surface area (Å²) < 4.78 is 6.76. The molecule has 2 aromatic rings. The summed E-state index contributed by atoms with van der Waals surface area (Å²) in [5.74, 6) is -0.427. The van der Waals surface area contributed by atoms with E-state index in [1.165, 1.54) is 6.08 Å². The summed E-state index contributed by atoms with van der Waals surface area (Å²) in [5.41, 5.74) is 1.17. The zero-order chi connectivity index (χ0) is 14.5. The predicted molar refractivity (Wildman–Crippen MR) is 79.0 cm³/mol. The largest absolute Gasteiger partial charge is 0.456 e. The van der Waals surface area contributed by atoms with E-state index in [1.54, 1.807) is 35.0 Å². The fourth-order valence-corrected chi connectivity index (χ4v) is 2.11. The lowest BCUT2D eigenvalue weighted by Gasteiger charge is -1.96. The van der Waals surface area contributed by atoms with Crippen molar-refractivity contribution < 1.29 is 9.53 Å². The monoisotopic (exact) mass is 310 g/mol. The smallest absolute Gasteiger partial charge is 0.331 e. The van der Waals surface area contributed by atoms with Crippen molar-refractivity contribution in [3.05, 3.63) is 58.5 Å². The minimum Gasteiger partial charge on any atom is -0.456 e. The zero-order valence-corrected chi connectivity index (χ0v) is 12.2. The van der Waals surface area contributed by atoms with Crippen LogP contribution in [0.2, 0.25) is 10.0 Å². The Balaban J connectivity index is 2.07. The topological polar surface area (TPSA) is 43.6 Å². The Labute approximate surface area is 126 Å². The number of hydrogen-bond donors (Lipinski definition) is 0. The molecule has 0 atom stereocenters. The van der Waals surface area contributed by atoms with Crippen LogP contribution in [0.1, 0.15) is 12.6 Å². The highest BCUT2D eigenvalue weighted by molar-refractivity contribution is 6.36. The van der Waals surface area contributed by atoms with E-state index in [0.717, 1.165) is 0 Å². The summed E-state index contributed by atoms with van der Waals surface area (Å²) in [6.07, 6.45) is 9.93. The van der Waals surface area contributed by atoms with E-state index in [9.17, 15) is 4.79 Å². The molecule has 104 valence electrons. The third-order valence-electron chi connectivity index (χ3n) is 2.42. The van der Waals surface area contributed by atoms with Gasteiger partial charge in [-0.3, -0.25) is 0 Å². The Bertz CT molecular complexity index is 690. The van der Waals surface area contributed by atoms with Gasteiger partial charge in [-0.2, -0.15) is 0 Å². The first-order valence-electron chi connectivity index (χ1n) is 5.89. The van der Waals surface area contributed by atoms with Crippen molar-refractivity contribution in [2.24, 2.45) is 0 Å². The molecular weight excluding hydrogens is 299 g/mol. The van der Waals surface area contributed by atoms with Gasteiger partial charge in [-0.15, -0.1) is 0 Å². The molecule has 0 fully saturated rings. The number of esters is 1. The fourth-order valence-electron chi connectivity index (χ4n) is 1.58. The first-order valence-corrected chi connectivity index (χ1v) is 6.64. The van der Waals surface area contributed by atoms with Crippen LogP contribution in [-0.4, -0.2) is 15.4 Å². The molecule has 0 bridgehead atoms. The second kappa shape index (κ2) is 6.59. The Hall–Kier alpha value is -1.78. The van der Waals surface area contributed by atoms with E-state index >= 15 is 0 Å². The molecule has 6 heteroatoms. The van der Waals surface area contributed by atoms with Crippen LogP contribution in [0.25, 0.3) is 5.65 Å². The maximum atomic E-state index is 11.4. The van der Waals surface area contributed by atoms with Gasteiger partial charge in [-0.05, 0) is 13.0 Å². The molecule has 4 nitrogen and oxygen atoms in total. The van der Waals surface area contributed by atoms with Crippen LogP contribution in [0.3, 0.4) is 0 Å². The molecule has 0 spiro atoms. The zero-order valence-electron chi connectivity index (χ0n) is 10.7. The first-order chi connectivity index (χ1) is 9.60. The van der Waals surface area contributed by atoms with Crippen molar-refractivity contribution in [1.82, 2.24) is 9.38 Å². The lowest BCUT2D eigenvalue weighted by Crippen LogP contribution is -2.00. The van der Waals surface area contributed by atoms with Crippen molar-refractivity contribution in [1.29, 1.82) is 0 Å². The maximum Gasteiger partial charge on any atom is 0.331 e. The fraction of sp³-hybridized carbons (Fsp3) is 0.143. The van der Waals surface area contributed by atoms with Gasteiger partial charge < -0.3 is 9.14 Å². The van der Waals surface area contributed by atoms with Gasteiger partial charge >= 0.3 is 5.97 Å². The Morgan fingerprint density at radius 3 is 2.95 bits per heavy atom. The van der Waals surface area contributed by atoms with Crippen LogP contribution in [0.5, 0.6) is 0 Å². The lowest BCUT2D eigenvalue weighted by molar-refractivity contribution is -0.139. The van der Waals surface area contributed by atoms with Crippen molar-refractivity contribution >= 4 is 34.8 Å². The van der Waals surface area contributed by atoms with Gasteiger partial charge in [-0.1, -0.05) is 41.4 Å². The quantitative estimate of drug-likeness (QED) is 0.490. The normalized spacial score (nSPS) is 11.8. The molecule has 0 radical (unpaired) electrons. The number of carbonyl (C=O) groups excluding carboxylic acids is 1. The Kier molecular flexibility index (Phi) is 4.82. The van der Waals surface area contributed by atoms with Crippen LogP contribution in [-0.2, 0) is 16.1 Å². The van der Waals surface area contributed by atoms with Crippen LogP contribution < -0.4 is 0 Å². The van der Waals surface area contributed by atoms with Crippen molar-refractivity contribution in [3.63, 3.8) is 0 Å². The SMILES string of the molecule is CC=CC=CC(=O)OCc1cn2cc(Cl)cc(Cl)c2n1. The molecule has 0 aliphatic carbocycles. The van der Waals surface area contributed by atoms with Crippen LogP contribution in [0.4, 0.5) is 0 Å². The standard InChI is InChI=1S/C14H12Cl2N2O2/c1-2-3-4-5-13(19)20-9-11-8-18-7-10(15)6-12(16)14(18)17-11/h2-8H,9H2,1H3. The minimum atomic E-state index is -0.427. The van der Waals surface area contributed by atoms with Gasteiger partial charge in [-0.25, -0.2) is 9.78 Å². The molecule has 0 N–H and O–H groups in total. The first kappa shape index (κ1) is 14.6. The van der Waals surface area contributed by atoms with Gasteiger partial charge in [0.1, 0.15) is 6.61 Å². The predicted octanol–water partition coefficient (Wildman–Crippen LogP) is 3.82. The number of allylic oxidation sites excluding steroid dienone is 3. The average Bonchev–Trinajstić information content (AvgIpc) is 2.80. The highest BCUT2D eigenvalue weighted by Gasteiger charge is 2.08. The van der Waals surface area contributed by atoms with Crippen LogP contribution in [0, 0.1) is 0 Å². The van der Waals surface area contributed by atoms with Crippen molar-refractivity contribution in [2.45, 2.75) is 13.5 Å². The molecule has 2 rings (SSSR count). The van der Waals surface area contributed by atoms with Gasteiger partial charge in [0.15, 0.2) is 5.65 Å². The second-order valence-electron chi connectivity index (χ2n) is 3.96. The van der Waals surface area contributed by atoms with Gasteiger partial charge in [0.05, 0.1) is 15.7 Å². The summed E-state index contributed by atoms with van der Waals surface area (Å²) >= 11 is 11.9. The summed E-state index contributed by atoms with van der Waals surface area (Å²) in [4.78, 5) is 15.7.